The Labute approximate surface area is 343 Å². The maximum atomic E-state index is 12.5. The molecule has 0 heterocycles. The second-order valence-electron chi connectivity index (χ2n) is 17.5. The monoisotopic (exact) mass is 782 g/mol. The topological polar surface area (TPSA) is 110 Å². The molecule has 0 aliphatic carbocycles. The predicted octanol–water partition coefficient (Wildman–Crippen LogP) is 13.6. The molecule has 0 aromatic heterocycles. The van der Waals surface area contributed by atoms with Crippen molar-refractivity contribution in [3.63, 3.8) is 0 Å². The maximum absolute atomic E-state index is 12.5. The number of hydrogen-bond acceptors (Lipinski definition) is 5. The normalized spacial score (nSPS) is 13.9. The number of amides is 1. The van der Waals surface area contributed by atoms with Crippen LogP contribution in [0.25, 0.3) is 0 Å². The van der Waals surface area contributed by atoms with Gasteiger partial charge in [0.05, 0.1) is 18.8 Å². The van der Waals surface area contributed by atoms with E-state index in [9.17, 15) is 25.2 Å². The Morgan fingerprint density at radius 2 is 0.618 bits per heavy atom. The highest BCUT2D eigenvalue weighted by atomic mass is 16.3. The first-order valence-corrected chi connectivity index (χ1v) is 24.9. The van der Waals surface area contributed by atoms with Gasteiger partial charge in [-0.1, -0.05) is 264 Å². The smallest absolute Gasteiger partial charge is 0.249 e. The number of aliphatic hydroxyl groups is 4. The molecule has 55 heavy (non-hydrogen) atoms. The van der Waals surface area contributed by atoms with Crippen molar-refractivity contribution in [2.75, 3.05) is 6.61 Å². The summed E-state index contributed by atoms with van der Waals surface area (Å²) in [6.07, 6.45) is 49.0. The molecular formula is C49H99NO5. The van der Waals surface area contributed by atoms with Crippen molar-refractivity contribution in [1.82, 2.24) is 5.32 Å². The van der Waals surface area contributed by atoms with Crippen LogP contribution >= 0.6 is 0 Å². The van der Waals surface area contributed by atoms with Crippen LogP contribution in [0.4, 0.5) is 0 Å². The summed E-state index contributed by atoms with van der Waals surface area (Å²) in [6.45, 7) is 4.04. The second kappa shape index (κ2) is 44.4. The summed E-state index contributed by atoms with van der Waals surface area (Å²) >= 11 is 0. The molecule has 0 saturated carbocycles. The van der Waals surface area contributed by atoms with Crippen LogP contribution in [-0.4, -0.2) is 57.3 Å². The van der Waals surface area contributed by atoms with E-state index >= 15 is 0 Å². The molecule has 0 fully saturated rings. The molecule has 0 aromatic rings. The van der Waals surface area contributed by atoms with Gasteiger partial charge in [-0.05, 0) is 12.8 Å². The standard InChI is InChI=1S/C49H99NO5/c1-3-5-7-9-11-13-14-15-16-17-18-19-20-21-22-23-24-25-26-27-28-29-30-31-32-33-35-37-39-41-43-47(53)49(55)50-45(44-51)48(54)46(52)42-40-38-36-34-12-10-8-6-4-2/h45-48,51-54H,3-44H2,1-2H3,(H,50,55). The molecule has 0 aromatic carbocycles. The fourth-order valence-electron chi connectivity index (χ4n) is 8.11. The third kappa shape index (κ3) is 38.6. The molecule has 4 unspecified atom stereocenters. The first-order valence-electron chi connectivity index (χ1n) is 24.9. The van der Waals surface area contributed by atoms with Crippen LogP contribution in [0.15, 0.2) is 0 Å². The molecule has 0 aliphatic heterocycles. The van der Waals surface area contributed by atoms with Crippen LogP contribution in [0.2, 0.25) is 0 Å². The van der Waals surface area contributed by atoms with Crippen molar-refractivity contribution < 1.29 is 25.2 Å². The molecule has 6 nitrogen and oxygen atoms in total. The summed E-state index contributed by atoms with van der Waals surface area (Å²) in [4.78, 5) is 12.5. The molecule has 330 valence electrons. The number of hydrogen-bond donors (Lipinski definition) is 5. The zero-order chi connectivity index (χ0) is 40.3. The molecule has 0 rings (SSSR count). The molecule has 0 radical (unpaired) electrons. The molecular weight excluding hydrogens is 683 g/mol. The van der Waals surface area contributed by atoms with Crippen LogP contribution in [-0.2, 0) is 4.79 Å². The van der Waals surface area contributed by atoms with Gasteiger partial charge in [-0.25, -0.2) is 0 Å². The molecule has 5 N–H and O–H groups in total. The van der Waals surface area contributed by atoms with Gasteiger partial charge >= 0.3 is 0 Å². The van der Waals surface area contributed by atoms with Crippen LogP contribution in [0.5, 0.6) is 0 Å². The maximum Gasteiger partial charge on any atom is 0.249 e. The van der Waals surface area contributed by atoms with E-state index in [2.05, 4.69) is 19.2 Å². The quantitative estimate of drug-likeness (QED) is 0.0395. The molecule has 1 amide bonds. The van der Waals surface area contributed by atoms with Gasteiger partial charge in [-0.15, -0.1) is 0 Å². The number of nitrogens with one attached hydrogen (secondary N) is 1. The fraction of sp³-hybridized carbons (Fsp3) is 0.980. The van der Waals surface area contributed by atoms with Gasteiger partial charge in [-0.2, -0.15) is 0 Å². The molecule has 0 bridgehead atoms. The lowest BCUT2D eigenvalue weighted by Crippen LogP contribution is -2.53. The Kier molecular flexibility index (Phi) is 43.9. The van der Waals surface area contributed by atoms with E-state index < -0.39 is 36.9 Å². The second-order valence-corrected chi connectivity index (χ2v) is 17.5. The van der Waals surface area contributed by atoms with Gasteiger partial charge in [0.15, 0.2) is 0 Å². The van der Waals surface area contributed by atoms with Crippen molar-refractivity contribution in [3.8, 4) is 0 Å². The van der Waals surface area contributed by atoms with Gasteiger partial charge in [0.25, 0.3) is 0 Å². The Bertz CT molecular complexity index is 751. The first kappa shape index (κ1) is 54.3. The minimum atomic E-state index is -1.25. The third-order valence-corrected chi connectivity index (χ3v) is 12.1. The summed E-state index contributed by atoms with van der Waals surface area (Å²) in [5.41, 5.74) is 0. The highest BCUT2D eigenvalue weighted by Crippen LogP contribution is 2.18. The number of unbranched alkanes of at least 4 members (excludes halogenated alkanes) is 37. The summed E-state index contributed by atoms with van der Waals surface area (Å²) in [6, 6.07) is -0.978. The average molecular weight is 782 g/mol. The van der Waals surface area contributed by atoms with Gasteiger partial charge in [0.2, 0.25) is 5.91 Å². The predicted molar refractivity (Wildman–Crippen MR) is 238 cm³/mol. The SMILES string of the molecule is CCCCCCCCCCCCCCCCCCCCCCCCCCCCCCCCC(O)C(=O)NC(CO)C(O)C(O)CCCCCCCCCCC. The summed E-state index contributed by atoms with van der Waals surface area (Å²) in [7, 11) is 0. The van der Waals surface area contributed by atoms with Crippen LogP contribution in [0, 0.1) is 0 Å². The Morgan fingerprint density at radius 1 is 0.382 bits per heavy atom. The van der Waals surface area contributed by atoms with Crippen LogP contribution in [0.1, 0.15) is 277 Å². The van der Waals surface area contributed by atoms with E-state index in [1.54, 1.807) is 0 Å². The first-order chi connectivity index (χ1) is 27.0. The van der Waals surface area contributed by atoms with E-state index in [1.165, 1.54) is 212 Å². The summed E-state index contributed by atoms with van der Waals surface area (Å²) < 4.78 is 0. The average Bonchev–Trinajstić information content (AvgIpc) is 3.19. The molecule has 0 aliphatic rings. The zero-order valence-corrected chi connectivity index (χ0v) is 37.2. The van der Waals surface area contributed by atoms with Crippen molar-refractivity contribution in [2.45, 2.75) is 301 Å². The lowest BCUT2D eigenvalue weighted by atomic mass is 9.99. The lowest BCUT2D eigenvalue weighted by Gasteiger charge is -2.27. The van der Waals surface area contributed by atoms with Crippen molar-refractivity contribution >= 4 is 5.91 Å². The van der Waals surface area contributed by atoms with Crippen molar-refractivity contribution in [2.24, 2.45) is 0 Å². The lowest BCUT2D eigenvalue weighted by molar-refractivity contribution is -0.132. The molecule has 0 spiro atoms. The fourth-order valence-corrected chi connectivity index (χ4v) is 8.11. The van der Waals surface area contributed by atoms with E-state index in [0.29, 0.717) is 12.8 Å². The number of aliphatic hydroxyl groups excluding tert-OH is 4. The van der Waals surface area contributed by atoms with Gasteiger partial charge < -0.3 is 25.7 Å². The Balaban J connectivity index is 3.50. The van der Waals surface area contributed by atoms with Gasteiger partial charge in [-0.3, -0.25) is 4.79 Å². The summed E-state index contributed by atoms with van der Waals surface area (Å²) in [5.74, 6) is -0.580. The van der Waals surface area contributed by atoms with E-state index in [4.69, 9.17) is 0 Å². The van der Waals surface area contributed by atoms with Gasteiger partial charge in [0, 0.05) is 0 Å². The number of carbonyl (C=O) groups is 1. The highest BCUT2D eigenvalue weighted by molar-refractivity contribution is 5.80. The molecule has 6 heteroatoms. The number of carbonyl (C=O) groups excluding carboxylic acids is 1. The summed E-state index contributed by atoms with van der Waals surface area (Å²) in [5, 5.41) is 43.6. The molecule has 4 atom stereocenters. The third-order valence-electron chi connectivity index (χ3n) is 12.1. The molecule has 0 saturated heterocycles. The van der Waals surface area contributed by atoms with Crippen molar-refractivity contribution in [1.29, 1.82) is 0 Å². The van der Waals surface area contributed by atoms with Crippen LogP contribution in [0.3, 0.4) is 0 Å². The van der Waals surface area contributed by atoms with E-state index in [0.717, 1.165) is 38.5 Å². The van der Waals surface area contributed by atoms with Gasteiger partial charge in [0.1, 0.15) is 12.2 Å². The zero-order valence-electron chi connectivity index (χ0n) is 37.2. The largest absolute Gasteiger partial charge is 0.394 e. The van der Waals surface area contributed by atoms with E-state index in [-0.39, 0.29) is 0 Å². The minimum Gasteiger partial charge on any atom is -0.394 e. The van der Waals surface area contributed by atoms with Crippen molar-refractivity contribution in [3.05, 3.63) is 0 Å². The Hall–Kier alpha value is -0.690. The Morgan fingerprint density at radius 3 is 0.873 bits per heavy atom. The highest BCUT2D eigenvalue weighted by Gasteiger charge is 2.28. The van der Waals surface area contributed by atoms with E-state index in [1.807, 2.05) is 0 Å². The van der Waals surface area contributed by atoms with Crippen LogP contribution < -0.4 is 5.32 Å². The number of rotatable bonds is 46. The minimum absolute atomic E-state index is 0.376.